The molecule has 1 aromatic rings. The third kappa shape index (κ3) is 1.69. The predicted octanol–water partition coefficient (Wildman–Crippen LogP) is 1.82. The molecule has 3 heteroatoms. The summed E-state index contributed by atoms with van der Waals surface area (Å²) in [4.78, 5) is 0. The van der Waals surface area contributed by atoms with Crippen LogP contribution in [0.5, 0.6) is 0 Å². The lowest BCUT2D eigenvalue weighted by atomic mass is 9.77. The van der Waals surface area contributed by atoms with Gasteiger partial charge in [-0.2, -0.15) is 5.10 Å². The largest absolute Gasteiger partial charge is 0.385 e. The van der Waals surface area contributed by atoms with Gasteiger partial charge in [0.2, 0.25) is 0 Å². The minimum atomic E-state index is -0.610. The highest BCUT2D eigenvalue weighted by Crippen LogP contribution is 2.38. The maximum atomic E-state index is 10.4. The SMILES string of the molecule is CC1CCC(O)(c2cnn(C)c2)CC1. The van der Waals surface area contributed by atoms with Crippen LogP contribution in [0.4, 0.5) is 0 Å². The Kier molecular flexibility index (Phi) is 2.35. The van der Waals surface area contributed by atoms with Crippen LogP contribution in [-0.2, 0) is 12.6 Å². The van der Waals surface area contributed by atoms with Crippen LogP contribution in [0.25, 0.3) is 0 Å². The van der Waals surface area contributed by atoms with E-state index in [4.69, 9.17) is 0 Å². The Labute approximate surface area is 84.7 Å². The lowest BCUT2D eigenvalue weighted by molar-refractivity contribution is -0.0120. The van der Waals surface area contributed by atoms with Gasteiger partial charge in [-0.15, -0.1) is 0 Å². The van der Waals surface area contributed by atoms with Gasteiger partial charge in [0.1, 0.15) is 0 Å². The molecule has 1 N–H and O–H groups in total. The van der Waals surface area contributed by atoms with Gasteiger partial charge in [0.15, 0.2) is 0 Å². The molecule has 1 aliphatic carbocycles. The first-order valence-corrected chi connectivity index (χ1v) is 5.32. The maximum absolute atomic E-state index is 10.4. The quantitative estimate of drug-likeness (QED) is 0.740. The summed E-state index contributed by atoms with van der Waals surface area (Å²) >= 11 is 0. The fourth-order valence-corrected chi connectivity index (χ4v) is 2.19. The van der Waals surface area contributed by atoms with Crippen LogP contribution in [0.2, 0.25) is 0 Å². The zero-order valence-corrected chi connectivity index (χ0v) is 8.90. The van der Waals surface area contributed by atoms with Crippen molar-refractivity contribution in [2.45, 2.75) is 38.2 Å². The van der Waals surface area contributed by atoms with Gasteiger partial charge in [-0.1, -0.05) is 6.92 Å². The van der Waals surface area contributed by atoms with E-state index in [2.05, 4.69) is 12.0 Å². The van der Waals surface area contributed by atoms with Crippen molar-refractivity contribution in [3.63, 3.8) is 0 Å². The van der Waals surface area contributed by atoms with Crippen LogP contribution in [-0.4, -0.2) is 14.9 Å². The summed E-state index contributed by atoms with van der Waals surface area (Å²) in [6.07, 6.45) is 7.70. The van der Waals surface area contributed by atoms with Crippen LogP contribution in [0.1, 0.15) is 38.2 Å². The number of aliphatic hydroxyl groups is 1. The number of hydrogen-bond acceptors (Lipinski definition) is 2. The fourth-order valence-electron chi connectivity index (χ4n) is 2.19. The van der Waals surface area contributed by atoms with Crippen molar-refractivity contribution in [1.29, 1.82) is 0 Å². The monoisotopic (exact) mass is 194 g/mol. The summed E-state index contributed by atoms with van der Waals surface area (Å²) in [6.45, 7) is 2.25. The standard InChI is InChI=1S/C11H18N2O/c1-9-3-5-11(14,6-4-9)10-7-12-13(2)8-10/h7-9,14H,3-6H2,1-2H3. The van der Waals surface area contributed by atoms with Crippen molar-refractivity contribution in [3.05, 3.63) is 18.0 Å². The molecule has 2 rings (SSSR count). The van der Waals surface area contributed by atoms with E-state index >= 15 is 0 Å². The fraction of sp³-hybridized carbons (Fsp3) is 0.727. The molecule has 3 nitrogen and oxygen atoms in total. The van der Waals surface area contributed by atoms with Gasteiger partial charge in [0.05, 0.1) is 11.8 Å². The summed E-state index contributed by atoms with van der Waals surface area (Å²) in [7, 11) is 1.89. The van der Waals surface area contributed by atoms with Gasteiger partial charge in [-0.25, -0.2) is 0 Å². The number of aryl methyl sites for hydroxylation is 1. The molecular formula is C11H18N2O. The third-order valence-corrected chi connectivity index (χ3v) is 3.34. The molecule has 0 atom stereocenters. The van der Waals surface area contributed by atoms with Crippen LogP contribution >= 0.6 is 0 Å². The topological polar surface area (TPSA) is 38.1 Å². The summed E-state index contributed by atoms with van der Waals surface area (Å²) in [5.74, 6) is 0.756. The lowest BCUT2D eigenvalue weighted by Crippen LogP contribution is -2.30. The second kappa shape index (κ2) is 3.39. The van der Waals surface area contributed by atoms with Gasteiger partial charge in [0.25, 0.3) is 0 Å². The lowest BCUT2D eigenvalue weighted by Gasteiger charge is -2.34. The van der Waals surface area contributed by atoms with Crippen molar-refractivity contribution in [1.82, 2.24) is 9.78 Å². The van der Waals surface area contributed by atoms with E-state index in [9.17, 15) is 5.11 Å². The highest BCUT2D eigenvalue weighted by Gasteiger charge is 2.34. The number of rotatable bonds is 1. The number of nitrogens with zero attached hydrogens (tertiary/aromatic N) is 2. The summed E-state index contributed by atoms with van der Waals surface area (Å²) < 4.78 is 1.76. The summed E-state index contributed by atoms with van der Waals surface area (Å²) in [6, 6.07) is 0. The Bertz CT molecular complexity index is 311. The first kappa shape index (κ1) is 9.71. The van der Waals surface area contributed by atoms with E-state index in [1.807, 2.05) is 13.2 Å². The molecule has 0 bridgehead atoms. The molecule has 0 aromatic carbocycles. The zero-order valence-electron chi connectivity index (χ0n) is 8.90. The van der Waals surface area contributed by atoms with Gasteiger partial charge < -0.3 is 5.11 Å². The molecule has 1 heterocycles. The molecule has 0 unspecified atom stereocenters. The first-order valence-electron chi connectivity index (χ1n) is 5.32. The molecule has 78 valence electrons. The Hall–Kier alpha value is -0.830. The zero-order chi connectivity index (χ0) is 10.2. The first-order chi connectivity index (χ1) is 6.60. The summed E-state index contributed by atoms with van der Waals surface area (Å²) in [5, 5.41) is 14.5. The average Bonchev–Trinajstić information content (AvgIpc) is 2.58. The summed E-state index contributed by atoms with van der Waals surface area (Å²) in [5.41, 5.74) is 0.368. The Morgan fingerprint density at radius 2 is 2.14 bits per heavy atom. The Balaban J connectivity index is 2.16. The van der Waals surface area contributed by atoms with Gasteiger partial charge in [-0.05, 0) is 31.6 Å². The number of hydrogen-bond donors (Lipinski definition) is 1. The molecule has 0 amide bonds. The highest BCUT2D eigenvalue weighted by atomic mass is 16.3. The molecule has 1 aliphatic rings. The van der Waals surface area contributed by atoms with Gasteiger partial charge >= 0.3 is 0 Å². The molecule has 0 saturated heterocycles. The van der Waals surface area contributed by atoms with E-state index in [0.717, 1.165) is 37.2 Å². The maximum Gasteiger partial charge on any atom is 0.0927 e. The minimum Gasteiger partial charge on any atom is -0.385 e. The van der Waals surface area contributed by atoms with Crippen LogP contribution in [0.3, 0.4) is 0 Å². The molecular weight excluding hydrogens is 176 g/mol. The van der Waals surface area contributed by atoms with Crippen molar-refractivity contribution in [3.8, 4) is 0 Å². The molecule has 14 heavy (non-hydrogen) atoms. The van der Waals surface area contributed by atoms with Crippen molar-refractivity contribution >= 4 is 0 Å². The highest BCUT2D eigenvalue weighted by molar-refractivity contribution is 5.15. The van der Waals surface area contributed by atoms with E-state index < -0.39 is 5.60 Å². The van der Waals surface area contributed by atoms with Crippen LogP contribution in [0.15, 0.2) is 12.4 Å². The van der Waals surface area contributed by atoms with Crippen molar-refractivity contribution in [2.75, 3.05) is 0 Å². The second-order valence-electron chi connectivity index (χ2n) is 4.62. The van der Waals surface area contributed by atoms with E-state index in [1.54, 1.807) is 10.9 Å². The molecule has 1 aromatic heterocycles. The second-order valence-corrected chi connectivity index (χ2v) is 4.62. The van der Waals surface area contributed by atoms with Gasteiger partial charge in [-0.3, -0.25) is 4.68 Å². The Morgan fingerprint density at radius 1 is 1.50 bits per heavy atom. The molecule has 1 saturated carbocycles. The third-order valence-electron chi connectivity index (χ3n) is 3.34. The van der Waals surface area contributed by atoms with E-state index in [-0.39, 0.29) is 0 Å². The van der Waals surface area contributed by atoms with E-state index in [0.29, 0.717) is 0 Å². The number of aromatic nitrogens is 2. The normalized spacial score (nSPS) is 33.2. The van der Waals surface area contributed by atoms with Gasteiger partial charge in [0, 0.05) is 18.8 Å². The predicted molar refractivity (Wildman–Crippen MR) is 54.7 cm³/mol. The minimum absolute atomic E-state index is 0.610. The smallest absolute Gasteiger partial charge is 0.0927 e. The average molecular weight is 194 g/mol. The Morgan fingerprint density at radius 3 is 2.64 bits per heavy atom. The van der Waals surface area contributed by atoms with Crippen LogP contribution in [0, 0.1) is 5.92 Å². The van der Waals surface area contributed by atoms with Crippen molar-refractivity contribution < 1.29 is 5.11 Å². The van der Waals surface area contributed by atoms with Crippen molar-refractivity contribution in [2.24, 2.45) is 13.0 Å². The molecule has 0 aliphatic heterocycles. The molecule has 0 radical (unpaired) electrons. The molecule has 0 spiro atoms. The molecule has 1 fully saturated rings. The van der Waals surface area contributed by atoms with Crippen LogP contribution < -0.4 is 0 Å². The van der Waals surface area contributed by atoms with E-state index in [1.165, 1.54) is 0 Å².